The monoisotopic (exact) mass is 380 g/mol. The van der Waals surface area contributed by atoms with Gasteiger partial charge in [0.1, 0.15) is 0 Å². The van der Waals surface area contributed by atoms with E-state index in [2.05, 4.69) is 26.0 Å². The summed E-state index contributed by atoms with van der Waals surface area (Å²) in [6.07, 6.45) is 4.13. The van der Waals surface area contributed by atoms with E-state index in [1.807, 2.05) is 0 Å². The molecular weight excluding hydrogens is 364 g/mol. The minimum absolute atomic E-state index is 0. The highest BCUT2D eigenvalue weighted by Gasteiger charge is 2.35. The van der Waals surface area contributed by atoms with E-state index < -0.39 is 10.0 Å². The number of rotatable bonds is 3. The molecule has 2 unspecified atom stereocenters. The quantitative estimate of drug-likeness (QED) is 0.845. The van der Waals surface area contributed by atoms with Gasteiger partial charge in [-0.15, -0.1) is 12.4 Å². The number of hydrogen-bond acceptors (Lipinski definition) is 3. The number of fused-ring (bicyclic) bond motifs is 2. The SMILES string of the molecule is Cl.O=S(=O)(NC1CC2CCC(C1)N2)c1ccc(Br)cc1. The zero-order valence-electron chi connectivity index (χ0n) is 10.9. The number of sulfonamides is 1. The molecule has 2 aliphatic heterocycles. The van der Waals surface area contributed by atoms with Gasteiger partial charge in [-0.1, -0.05) is 15.9 Å². The first kappa shape index (κ1) is 16.2. The van der Waals surface area contributed by atoms with Gasteiger partial charge in [0.2, 0.25) is 10.0 Å². The Hall–Kier alpha value is -0.140. The van der Waals surface area contributed by atoms with E-state index in [4.69, 9.17) is 0 Å². The van der Waals surface area contributed by atoms with Crippen LogP contribution in [0.25, 0.3) is 0 Å². The van der Waals surface area contributed by atoms with E-state index in [1.165, 1.54) is 12.8 Å². The lowest BCUT2D eigenvalue weighted by Gasteiger charge is -2.29. The molecule has 0 radical (unpaired) electrons. The maximum absolute atomic E-state index is 12.3. The van der Waals surface area contributed by atoms with E-state index in [9.17, 15) is 8.42 Å². The van der Waals surface area contributed by atoms with Gasteiger partial charge in [-0.2, -0.15) is 0 Å². The molecule has 112 valence electrons. The average Bonchev–Trinajstić information content (AvgIpc) is 2.69. The van der Waals surface area contributed by atoms with E-state index in [0.717, 1.165) is 17.3 Å². The van der Waals surface area contributed by atoms with Crippen LogP contribution in [0.15, 0.2) is 33.6 Å². The molecule has 7 heteroatoms. The predicted molar refractivity (Wildman–Crippen MR) is 84.7 cm³/mol. The van der Waals surface area contributed by atoms with Crippen LogP contribution in [-0.4, -0.2) is 26.5 Å². The van der Waals surface area contributed by atoms with Crippen molar-refractivity contribution < 1.29 is 8.42 Å². The molecule has 2 bridgehead atoms. The Bertz CT molecular complexity index is 552. The molecule has 0 aromatic heterocycles. The van der Waals surface area contributed by atoms with Crippen LogP contribution in [0.4, 0.5) is 0 Å². The van der Waals surface area contributed by atoms with Crippen LogP contribution in [0.1, 0.15) is 25.7 Å². The molecule has 2 aliphatic rings. The summed E-state index contributed by atoms with van der Waals surface area (Å²) in [6.45, 7) is 0. The van der Waals surface area contributed by atoms with Crippen LogP contribution < -0.4 is 10.0 Å². The summed E-state index contributed by atoms with van der Waals surface area (Å²) in [4.78, 5) is 0.335. The van der Waals surface area contributed by atoms with Crippen molar-refractivity contribution in [3.63, 3.8) is 0 Å². The summed E-state index contributed by atoms with van der Waals surface area (Å²) in [6, 6.07) is 7.78. The van der Waals surface area contributed by atoms with Crippen molar-refractivity contribution in [2.24, 2.45) is 0 Å². The fourth-order valence-corrected chi connectivity index (χ4v) is 4.58. The summed E-state index contributed by atoms with van der Waals surface area (Å²) in [7, 11) is -3.39. The van der Waals surface area contributed by atoms with Gasteiger partial charge < -0.3 is 5.32 Å². The summed E-state index contributed by atoms with van der Waals surface area (Å²) in [5, 5.41) is 3.51. The maximum Gasteiger partial charge on any atom is 0.240 e. The van der Waals surface area contributed by atoms with E-state index >= 15 is 0 Å². The van der Waals surface area contributed by atoms with Crippen molar-refractivity contribution in [3.05, 3.63) is 28.7 Å². The Kier molecular flexibility index (Phi) is 5.13. The molecular formula is C13H18BrClN2O2S. The van der Waals surface area contributed by atoms with Crippen molar-refractivity contribution >= 4 is 38.4 Å². The standard InChI is InChI=1S/C13H17BrN2O2S.ClH/c14-9-1-5-13(6-2-9)19(17,18)16-12-7-10-3-4-11(8-12)15-10;/h1-2,5-6,10-12,15-16H,3-4,7-8H2;1H. The summed E-state index contributed by atoms with van der Waals surface area (Å²) < 4.78 is 28.3. The summed E-state index contributed by atoms with van der Waals surface area (Å²) in [5.74, 6) is 0. The first-order chi connectivity index (χ1) is 9.03. The Balaban J connectivity index is 0.00000147. The highest BCUT2D eigenvalue weighted by molar-refractivity contribution is 9.10. The van der Waals surface area contributed by atoms with Gasteiger partial charge in [0.25, 0.3) is 0 Å². The van der Waals surface area contributed by atoms with Gasteiger partial charge in [0.15, 0.2) is 0 Å². The van der Waals surface area contributed by atoms with Crippen LogP contribution in [0, 0.1) is 0 Å². The minimum Gasteiger partial charge on any atom is -0.311 e. The third-order valence-electron chi connectivity index (χ3n) is 3.92. The summed E-state index contributed by atoms with van der Waals surface area (Å²) in [5.41, 5.74) is 0. The molecule has 2 N–H and O–H groups in total. The fourth-order valence-electron chi connectivity index (χ4n) is 3.05. The predicted octanol–water partition coefficient (Wildman–Crippen LogP) is 2.43. The lowest BCUT2D eigenvalue weighted by atomic mass is 10.0. The highest BCUT2D eigenvalue weighted by Crippen LogP contribution is 2.27. The van der Waals surface area contributed by atoms with E-state index in [-0.39, 0.29) is 18.4 Å². The van der Waals surface area contributed by atoms with Crippen LogP contribution in [0.5, 0.6) is 0 Å². The normalized spacial score (nSPS) is 28.9. The smallest absolute Gasteiger partial charge is 0.240 e. The highest BCUT2D eigenvalue weighted by atomic mass is 79.9. The van der Waals surface area contributed by atoms with Gasteiger partial charge in [-0.3, -0.25) is 0 Å². The molecule has 1 aromatic carbocycles. The lowest BCUT2D eigenvalue weighted by molar-refractivity contribution is 0.345. The Morgan fingerprint density at radius 3 is 2.20 bits per heavy atom. The molecule has 20 heavy (non-hydrogen) atoms. The van der Waals surface area contributed by atoms with E-state index in [0.29, 0.717) is 17.0 Å². The molecule has 0 aliphatic carbocycles. The average molecular weight is 382 g/mol. The minimum atomic E-state index is -3.39. The van der Waals surface area contributed by atoms with Gasteiger partial charge >= 0.3 is 0 Å². The number of hydrogen-bond donors (Lipinski definition) is 2. The van der Waals surface area contributed by atoms with Gasteiger partial charge in [0.05, 0.1) is 4.90 Å². The lowest BCUT2D eigenvalue weighted by Crippen LogP contribution is -2.47. The van der Waals surface area contributed by atoms with Crippen molar-refractivity contribution in [2.45, 2.75) is 48.7 Å². The van der Waals surface area contributed by atoms with Crippen LogP contribution in [0.2, 0.25) is 0 Å². The first-order valence-electron chi connectivity index (χ1n) is 6.57. The Labute approximate surface area is 134 Å². The van der Waals surface area contributed by atoms with Gasteiger partial charge in [0, 0.05) is 22.6 Å². The molecule has 0 spiro atoms. The Morgan fingerprint density at radius 2 is 1.65 bits per heavy atom. The second kappa shape index (κ2) is 6.32. The third-order valence-corrected chi connectivity index (χ3v) is 5.98. The topological polar surface area (TPSA) is 58.2 Å². The van der Waals surface area contributed by atoms with E-state index in [1.54, 1.807) is 24.3 Å². The second-order valence-corrected chi connectivity index (χ2v) is 8.01. The van der Waals surface area contributed by atoms with Gasteiger partial charge in [-0.05, 0) is 49.9 Å². The Morgan fingerprint density at radius 1 is 1.10 bits per heavy atom. The number of nitrogens with one attached hydrogen (secondary N) is 2. The van der Waals surface area contributed by atoms with Crippen molar-refractivity contribution in [2.75, 3.05) is 0 Å². The molecule has 2 atom stereocenters. The molecule has 2 saturated heterocycles. The van der Waals surface area contributed by atoms with Gasteiger partial charge in [-0.25, -0.2) is 13.1 Å². The largest absolute Gasteiger partial charge is 0.311 e. The number of benzene rings is 1. The van der Waals surface area contributed by atoms with Crippen LogP contribution in [-0.2, 0) is 10.0 Å². The molecule has 0 amide bonds. The zero-order chi connectivity index (χ0) is 13.5. The molecule has 1 aromatic rings. The maximum atomic E-state index is 12.3. The fraction of sp³-hybridized carbons (Fsp3) is 0.538. The molecule has 4 nitrogen and oxygen atoms in total. The summed E-state index contributed by atoms with van der Waals surface area (Å²) >= 11 is 3.31. The molecule has 0 saturated carbocycles. The van der Waals surface area contributed by atoms with Crippen LogP contribution in [0.3, 0.4) is 0 Å². The van der Waals surface area contributed by atoms with Crippen molar-refractivity contribution in [1.29, 1.82) is 0 Å². The van der Waals surface area contributed by atoms with Crippen molar-refractivity contribution in [3.8, 4) is 0 Å². The number of halogens is 2. The molecule has 2 heterocycles. The first-order valence-corrected chi connectivity index (χ1v) is 8.84. The second-order valence-electron chi connectivity index (χ2n) is 5.38. The van der Waals surface area contributed by atoms with Crippen molar-refractivity contribution in [1.82, 2.24) is 10.0 Å². The number of piperidine rings is 1. The third kappa shape index (κ3) is 3.54. The zero-order valence-corrected chi connectivity index (χ0v) is 14.1. The molecule has 2 fully saturated rings. The molecule has 3 rings (SSSR count). The van der Waals surface area contributed by atoms with Crippen LogP contribution >= 0.6 is 28.3 Å².